The lowest BCUT2D eigenvalue weighted by Gasteiger charge is -2.18. The van der Waals surface area contributed by atoms with Crippen LogP contribution in [-0.4, -0.2) is 35.2 Å². The average Bonchev–Trinajstić information content (AvgIpc) is 1.87. The summed E-state index contributed by atoms with van der Waals surface area (Å²) in [6.45, 7) is -0.998. The van der Waals surface area contributed by atoms with E-state index in [1.54, 1.807) is 0 Å². The number of rotatable bonds is 3. The van der Waals surface area contributed by atoms with Crippen molar-refractivity contribution in [1.29, 1.82) is 0 Å². The van der Waals surface area contributed by atoms with Crippen molar-refractivity contribution < 1.29 is 19.7 Å². The Morgan fingerprint density at radius 2 is 2.00 bits per heavy atom. The second-order valence-electron chi connectivity index (χ2n) is 1.63. The zero-order chi connectivity index (χ0) is 8.20. The van der Waals surface area contributed by atoms with Crippen molar-refractivity contribution in [3.63, 3.8) is 0 Å². The molecule has 0 bridgehead atoms. The van der Waals surface area contributed by atoms with Crippen LogP contribution in [0, 0.1) is 0 Å². The van der Waals surface area contributed by atoms with Gasteiger partial charge in [0.1, 0.15) is 0 Å². The first-order valence-electron chi connectivity index (χ1n) is 2.58. The van der Waals surface area contributed by atoms with Crippen LogP contribution < -0.4 is 11.5 Å². The quantitative estimate of drug-likeness (QED) is 0.253. The van der Waals surface area contributed by atoms with Crippen LogP contribution in [0.3, 0.4) is 0 Å². The number of esters is 1. The van der Waals surface area contributed by atoms with Crippen LogP contribution in [0.1, 0.15) is 0 Å². The van der Waals surface area contributed by atoms with Crippen molar-refractivity contribution in [2.75, 3.05) is 13.1 Å². The van der Waals surface area contributed by atoms with Crippen LogP contribution in [0.4, 0.5) is 0 Å². The largest absolute Gasteiger partial charge is 0.406 e. The summed E-state index contributed by atoms with van der Waals surface area (Å²) in [6, 6.07) is 0. The molecule has 0 aromatic rings. The molecule has 0 rings (SSSR count). The zero-order valence-corrected chi connectivity index (χ0v) is 5.28. The third-order valence-electron chi connectivity index (χ3n) is 0.710. The third-order valence-corrected chi connectivity index (χ3v) is 0.710. The highest BCUT2D eigenvalue weighted by molar-refractivity contribution is 5.71. The number of hydrogen-bond acceptors (Lipinski definition) is 6. The molecule has 0 aromatic carbocycles. The maximum atomic E-state index is 10.3. The molecule has 6 heteroatoms. The van der Waals surface area contributed by atoms with E-state index in [1.807, 2.05) is 0 Å². The standard InChI is InChI=1S/C4H10N2O4/c5-1-3(7)10-4(8,9)2-6/h8-9H,1-2,5-6H2. The first-order chi connectivity index (χ1) is 4.52. The summed E-state index contributed by atoms with van der Waals surface area (Å²) < 4.78 is 3.96. The van der Waals surface area contributed by atoms with E-state index in [4.69, 9.17) is 21.7 Å². The van der Waals surface area contributed by atoms with E-state index in [0.717, 1.165) is 0 Å². The highest BCUT2D eigenvalue weighted by Gasteiger charge is 2.25. The summed E-state index contributed by atoms with van der Waals surface area (Å²) >= 11 is 0. The molecule has 0 saturated carbocycles. The molecular weight excluding hydrogens is 140 g/mol. The lowest BCUT2D eigenvalue weighted by molar-refractivity contribution is -0.310. The van der Waals surface area contributed by atoms with Crippen LogP contribution in [0.5, 0.6) is 0 Å². The van der Waals surface area contributed by atoms with Gasteiger partial charge in [0.25, 0.3) is 0 Å². The van der Waals surface area contributed by atoms with Crippen LogP contribution in [0.2, 0.25) is 0 Å². The van der Waals surface area contributed by atoms with Crippen molar-refractivity contribution in [2.24, 2.45) is 11.5 Å². The van der Waals surface area contributed by atoms with E-state index in [0.29, 0.717) is 0 Å². The molecule has 0 aromatic heterocycles. The fourth-order valence-electron chi connectivity index (χ4n) is 0.266. The van der Waals surface area contributed by atoms with Gasteiger partial charge in [-0.05, 0) is 0 Å². The Morgan fingerprint density at radius 1 is 1.50 bits per heavy atom. The third kappa shape index (κ3) is 3.36. The van der Waals surface area contributed by atoms with E-state index in [1.165, 1.54) is 0 Å². The van der Waals surface area contributed by atoms with Crippen molar-refractivity contribution in [2.45, 2.75) is 5.97 Å². The summed E-state index contributed by atoms with van der Waals surface area (Å²) in [5.74, 6) is -3.51. The smallest absolute Gasteiger partial charge is 0.337 e. The summed E-state index contributed by atoms with van der Waals surface area (Å²) in [4.78, 5) is 10.3. The van der Waals surface area contributed by atoms with Gasteiger partial charge in [-0.3, -0.25) is 4.79 Å². The van der Waals surface area contributed by atoms with E-state index in [2.05, 4.69) is 4.74 Å². The average molecular weight is 150 g/mol. The highest BCUT2D eigenvalue weighted by atomic mass is 16.8. The zero-order valence-electron chi connectivity index (χ0n) is 5.28. The predicted octanol–water partition coefficient (Wildman–Crippen LogP) is -2.91. The van der Waals surface area contributed by atoms with Gasteiger partial charge in [-0.2, -0.15) is 0 Å². The van der Waals surface area contributed by atoms with Gasteiger partial charge in [-0.1, -0.05) is 0 Å². The van der Waals surface area contributed by atoms with Crippen LogP contribution >= 0.6 is 0 Å². The van der Waals surface area contributed by atoms with Gasteiger partial charge in [0, 0.05) is 0 Å². The predicted molar refractivity (Wildman–Crippen MR) is 31.4 cm³/mol. The highest BCUT2D eigenvalue weighted by Crippen LogP contribution is 1.97. The van der Waals surface area contributed by atoms with E-state index in [9.17, 15) is 4.79 Å². The van der Waals surface area contributed by atoms with Gasteiger partial charge in [-0.25, -0.2) is 0 Å². The molecular formula is C4H10N2O4. The Labute approximate surface area is 57.4 Å². The number of aliphatic hydroxyl groups is 2. The lowest BCUT2D eigenvalue weighted by atomic mass is 10.5. The van der Waals surface area contributed by atoms with Gasteiger partial charge >= 0.3 is 11.9 Å². The van der Waals surface area contributed by atoms with Gasteiger partial charge in [0.15, 0.2) is 0 Å². The first-order valence-corrected chi connectivity index (χ1v) is 2.58. The number of nitrogens with two attached hydrogens (primary N) is 2. The molecule has 0 amide bonds. The Hall–Kier alpha value is -0.690. The molecule has 0 fully saturated rings. The molecule has 6 N–H and O–H groups in total. The van der Waals surface area contributed by atoms with Crippen molar-refractivity contribution in [3.05, 3.63) is 0 Å². The fraction of sp³-hybridized carbons (Fsp3) is 0.750. The summed E-state index contributed by atoms with van der Waals surface area (Å²) in [7, 11) is 0. The molecule has 10 heavy (non-hydrogen) atoms. The van der Waals surface area contributed by atoms with Crippen LogP contribution in [0.15, 0.2) is 0 Å². The normalized spacial score (nSPS) is 11.2. The molecule has 0 heterocycles. The molecule has 0 aliphatic heterocycles. The molecule has 0 aliphatic rings. The van der Waals surface area contributed by atoms with Crippen LogP contribution in [0.25, 0.3) is 0 Å². The number of ether oxygens (including phenoxy) is 1. The monoisotopic (exact) mass is 150 g/mol. The van der Waals surface area contributed by atoms with E-state index < -0.39 is 25.0 Å². The molecule has 0 atom stereocenters. The maximum absolute atomic E-state index is 10.3. The molecule has 0 aliphatic carbocycles. The summed E-state index contributed by atoms with van der Waals surface area (Å²) in [6.07, 6.45) is 0. The van der Waals surface area contributed by atoms with Crippen LogP contribution in [-0.2, 0) is 9.53 Å². The van der Waals surface area contributed by atoms with Crippen molar-refractivity contribution in [1.82, 2.24) is 0 Å². The topological polar surface area (TPSA) is 119 Å². The minimum absolute atomic E-state index is 0.414. The van der Waals surface area contributed by atoms with Gasteiger partial charge in [0.05, 0.1) is 13.1 Å². The van der Waals surface area contributed by atoms with Gasteiger partial charge < -0.3 is 26.4 Å². The minimum Gasteiger partial charge on any atom is -0.406 e. The van der Waals surface area contributed by atoms with E-state index >= 15 is 0 Å². The molecule has 0 unspecified atom stereocenters. The van der Waals surface area contributed by atoms with Gasteiger partial charge in [-0.15, -0.1) is 0 Å². The Morgan fingerprint density at radius 3 is 2.30 bits per heavy atom. The van der Waals surface area contributed by atoms with Gasteiger partial charge in [0.2, 0.25) is 0 Å². The molecule has 6 nitrogen and oxygen atoms in total. The first kappa shape index (κ1) is 9.31. The second kappa shape index (κ2) is 3.47. The second-order valence-corrected chi connectivity index (χ2v) is 1.63. The molecule has 0 saturated heterocycles. The Bertz CT molecular complexity index is 124. The Kier molecular flexibility index (Phi) is 3.23. The number of carbonyl (C=O) groups is 1. The summed E-state index contributed by atoms with van der Waals surface area (Å²) in [5, 5.41) is 17.1. The maximum Gasteiger partial charge on any atom is 0.337 e. The van der Waals surface area contributed by atoms with Crippen molar-refractivity contribution >= 4 is 5.97 Å². The lowest BCUT2D eigenvalue weighted by Crippen LogP contribution is -2.43. The fourth-order valence-corrected chi connectivity index (χ4v) is 0.266. The molecule has 60 valence electrons. The SMILES string of the molecule is NCC(=O)OC(O)(O)CN. The van der Waals surface area contributed by atoms with E-state index in [-0.39, 0.29) is 0 Å². The number of carbonyl (C=O) groups excluding carboxylic acids is 1. The van der Waals surface area contributed by atoms with Crippen molar-refractivity contribution in [3.8, 4) is 0 Å². The summed E-state index contributed by atoms with van der Waals surface area (Å²) in [5.41, 5.74) is 9.59. The molecule has 0 spiro atoms. The molecule has 0 radical (unpaired) electrons. The number of hydrogen-bond donors (Lipinski definition) is 4. The Balaban J connectivity index is 3.76. The minimum atomic E-state index is -2.59.